The second kappa shape index (κ2) is 6.92. The van der Waals surface area contributed by atoms with E-state index in [1.165, 1.54) is 0 Å². The second-order valence-corrected chi connectivity index (χ2v) is 5.34. The van der Waals surface area contributed by atoms with Crippen LogP contribution in [0.5, 0.6) is 0 Å². The van der Waals surface area contributed by atoms with Crippen LogP contribution in [0.15, 0.2) is 16.7 Å². The zero-order chi connectivity index (χ0) is 19.7. The Morgan fingerprint density at radius 2 is 1.81 bits per heavy atom. The highest BCUT2D eigenvalue weighted by molar-refractivity contribution is 5.76. The predicted molar refractivity (Wildman–Crippen MR) is 71.7 cm³/mol. The molecule has 1 aromatic carbocycles. The third-order valence-electron chi connectivity index (χ3n) is 3.02. The van der Waals surface area contributed by atoms with Gasteiger partial charge in [0.15, 0.2) is 11.6 Å². The summed E-state index contributed by atoms with van der Waals surface area (Å²) < 4.78 is 94.5. The molecule has 142 valence electrons. The summed E-state index contributed by atoms with van der Waals surface area (Å²) in [6.07, 6.45) is -6.09. The van der Waals surface area contributed by atoms with Gasteiger partial charge in [0, 0.05) is 12.1 Å². The van der Waals surface area contributed by atoms with Crippen molar-refractivity contribution in [1.82, 2.24) is 15.5 Å². The fraction of sp³-hybridized carbons (Fsp3) is 0.357. The van der Waals surface area contributed by atoms with E-state index in [0.717, 1.165) is 12.1 Å². The fourth-order valence-corrected chi connectivity index (χ4v) is 1.88. The number of halogens is 7. The molecule has 0 aliphatic rings. The molecule has 1 N–H and O–H groups in total. The van der Waals surface area contributed by atoms with Crippen molar-refractivity contribution in [3.63, 3.8) is 0 Å². The van der Waals surface area contributed by atoms with Crippen molar-refractivity contribution in [1.29, 1.82) is 0 Å². The lowest BCUT2D eigenvalue weighted by atomic mass is 10.1. The molecule has 12 heteroatoms. The van der Waals surface area contributed by atoms with Crippen molar-refractivity contribution in [3.05, 3.63) is 35.2 Å². The van der Waals surface area contributed by atoms with Crippen molar-refractivity contribution >= 4 is 5.91 Å². The summed E-state index contributed by atoms with van der Waals surface area (Å²) in [6.45, 7) is -0.0836. The van der Waals surface area contributed by atoms with Crippen molar-refractivity contribution in [3.8, 4) is 11.4 Å². The van der Waals surface area contributed by atoms with Crippen LogP contribution in [-0.4, -0.2) is 22.0 Å². The Kier molecular flexibility index (Phi) is 5.23. The summed E-state index contributed by atoms with van der Waals surface area (Å²) in [5.74, 6) is -9.99. The van der Waals surface area contributed by atoms with Crippen molar-refractivity contribution in [2.75, 3.05) is 0 Å². The zero-order valence-corrected chi connectivity index (χ0v) is 12.9. The monoisotopic (exact) mass is 385 g/mol. The van der Waals surface area contributed by atoms with Crippen LogP contribution >= 0.6 is 0 Å². The first-order chi connectivity index (χ1) is 11.9. The van der Waals surface area contributed by atoms with E-state index in [2.05, 4.69) is 14.7 Å². The van der Waals surface area contributed by atoms with Gasteiger partial charge in [-0.1, -0.05) is 11.2 Å². The molecule has 26 heavy (non-hydrogen) atoms. The van der Waals surface area contributed by atoms with Crippen molar-refractivity contribution < 1.29 is 40.1 Å². The van der Waals surface area contributed by atoms with Crippen LogP contribution in [0, 0.1) is 11.6 Å². The summed E-state index contributed by atoms with van der Waals surface area (Å²) in [7, 11) is 0. The summed E-state index contributed by atoms with van der Waals surface area (Å²) in [5, 5.41) is 4.92. The van der Waals surface area contributed by atoms with Gasteiger partial charge in [-0.3, -0.25) is 4.79 Å². The van der Waals surface area contributed by atoms with Crippen LogP contribution in [0.4, 0.5) is 30.7 Å². The molecule has 2 aromatic rings. The Morgan fingerprint density at radius 3 is 2.35 bits per heavy atom. The zero-order valence-electron chi connectivity index (χ0n) is 12.9. The maximum Gasteiger partial charge on any atom is 0.471 e. The number of hydrogen-bond donors (Lipinski definition) is 1. The number of carbonyl (C=O) groups is 1. The maximum absolute atomic E-state index is 14.0. The van der Waals surface area contributed by atoms with Gasteiger partial charge >= 0.3 is 12.1 Å². The Morgan fingerprint density at radius 1 is 1.15 bits per heavy atom. The van der Waals surface area contributed by atoms with E-state index in [0.29, 0.717) is 6.92 Å². The summed E-state index contributed by atoms with van der Waals surface area (Å²) in [6, 6.07) is 1.82. The highest BCUT2D eigenvalue weighted by Crippen LogP contribution is 2.31. The molecule has 5 nitrogen and oxygen atoms in total. The van der Waals surface area contributed by atoms with Gasteiger partial charge in [-0.2, -0.15) is 18.2 Å². The van der Waals surface area contributed by atoms with E-state index in [9.17, 15) is 35.5 Å². The first-order valence-electron chi connectivity index (χ1n) is 6.91. The van der Waals surface area contributed by atoms with Gasteiger partial charge in [0.25, 0.3) is 5.92 Å². The van der Waals surface area contributed by atoms with Crippen molar-refractivity contribution in [2.45, 2.75) is 32.0 Å². The molecule has 0 unspecified atom stereocenters. The quantitative estimate of drug-likeness (QED) is 0.798. The van der Waals surface area contributed by atoms with Crippen LogP contribution < -0.4 is 5.32 Å². The molecule has 2 rings (SSSR count). The number of nitrogens with one attached hydrogen (secondary N) is 1. The normalized spacial score (nSPS) is 12.3. The van der Waals surface area contributed by atoms with E-state index < -0.39 is 65.4 Å². The highest BCUT2D eigenvalue weighted by atomic mass is 19.4. The largest absolute Gasteiger partial charge is 0.471 e. The molecule has 0 saturated heterocycles. The first kappa shape index (κ1) is 19.7. The van der Waals surface area contributed by atoms with Gasteiger partial charge in [0.05, 0.1) is 12.0 Å². The number of rotatable bonds is 5. The molecule has 0 radical (unpaired) electrons. The minimum absolute atomic E-state index is 0.404. The Hall–Kier alpha value is -2.66. The van der Waals surface area contributed by atoms with Crippen LogP contribution in [0.3, 0.4) is 0 Å². The minimum atomic E-state index is -4.95. The molecule has 0 spiro atoms. The average molecular weight is 385 g/mol. The number of benzene rings is 1. The molecule has 0 aliphatic heterocycles. The van der Waals surface area contributed by atoms with Crippen LogP contribution in [0.1, 0.15) is 24.8 Å². The number of amides is 1. The Bertz CT molecular complexity index is 812. The first-order valence-corrected chi connectivity index (χ1v) is 6.91. The lowest BCUT2D eigenvalue weighted by Gasteiger charge is -2.11. The average Bonchev–Trinajstić information content (AvgIpc) is 2.96. The predicted octanol–water partition coefficient (Wildman–Crippen LogP) is 3.70. The Labute approximate surface area is 141 Å². The van der Waals surface area contributed by atoms with Gasteiger partial charge in [-0.05, 0) is 13.0 Å². The van der Waals surface area contributed by atoms with E-state index in [-0.39, 0.29) is 0 Å². The van der Waals surface area contributed by atoms with Gasteiger partial charge in [0.2, 0.25) is 11.7 Å². The topological polar surface area (TPSA) is 68.0 Å². The smallest absolute Gasteiger partial charge is 0.352 e. The molecule has 1 aromatic heterocycles. The molecular formula is C14H10F7N3O2. The number of nitrogens with zero attached hydrogens (tertiary/aromatic N) is 2. The van der Waals surface area contributed by atoms with E-state index in [4.69, 9.17) is 0 Å². The van der Waals surface area contributed by atoms with Crippen molar-refractivity contribution in [2.24, 2.45) is 0 Å². The molecule has 0 saturated carbocycles. The van der Waals surface area contributed by atoms with Crippen LogP contribution in [0.25, 0.3) is 11.4 Å². The van der Waals surface area contributed by atoms with Gasteiger partial charge in [-0.15, -0.1) is 0 Å². The minimum Gasteiger partial charge on any atom is -0.352 e. The maximum atomic E-state index is 14.0. The number of hydrogen-bond acceptors (Lipinski definition) is 4. The molecule has 1 amide bonds. The van der Waals surface area contributed by atoms with Gasteiger partial charge < -0.3 is 9.84 Å². The van der Waals surface area contributed by atoms with E-state index in [1.807, 2.05) is 5.32 Å². The standard InChI is InChI=1S/C14H10F7N3O2/c1-13(17,18)4-8(25)22-5-6-2-3-7(10(16)9(6)15)11-23-12(26-24-11)14(19,20)21/h2-3H,4-5H2,1H3,(H,22,25). The summed E-state index contributed by atoms with van der Waals surface area (Å²) in [5.41, 5.74) is -1.10. The molecular weight excluding hydrogens is 375 g/mol. The lowest BCUT2D eigenvalue weighted by Crippen LogP contribution is -2.29. The van der Waals surface area contributed by atoms with Crippen LogP contribution in [-0.2, 0) is 17.5 Å². The molecule has 1 heterocycles. The van der Waals surface area contributed by atoms with E-state index in [1.54, 1.807) is 0 Å². The van der Waals surface area contributed by atoms with E-state index >= 15 is 0 Å². The number of carbonyl (C=O) groups excluding carboxylic acids is 1. The summed E-state index contributed by atoms with van der Waals surface area (Å²) in [4.78, 5) is 14.2. The van der Waals surface area contributed by atoms with Gasteiger partial charge in [-0.25, -0.2) is 17.6 Å². The van der Waals surface area contributed by atoms with Crippen LogP contribution in [0.2, 0.25) is 0 Å². The molecule has 0 atom stereocenters. The lowest BCUT2D eigenvalue weighted by molar-refractivity contribution is -0.159. The third-order valence-corrected chi connectivity index (χ3v) is 3.02. The third kappa shape index (κ3) is 4.70. The molecule has 0 bridgehead atoms. The Balaban J connectivity index is 2.18. The summed E-state index contributed by atoms with van der Waals surface area (Å²) >= 11 is 0. The molecule has 0 fully saturated rings. The molecule has 0 aliphatic carbocycles. The van der Waals surface area contributed by atoms with Gasteiger partial charge in [0.1, 0.15) is 0 Å². The highest BCUT2D eigenvalue weighted by Gasteiger charge is 2.39. The fourth-order valence-electron chi connectivity index (χ4n) is 1.88. The second-order valence-electron chi connectivity index (χ2n) is 5.34. The number of alkyl halides is 5. The SMILES string of the molecule is CC(F)(F)CC(=O)NCc1ccc(-c2noc(C(F)(F)F)n2)c(F)c1F. The number of aromatic nitrogens is 2.